The van der Waals surface area contributed by atoms with Crippen molar-refractivity contribution in [3.05, 3.63) is 15.6 Å². The van der Waals surface area contributed by atoms with Gasteiger partial charge in [0.1, 0.15) is 5.01 Å². The molecule has 1 aromatic heterocycles. The first-order valence-corrected chi connectivity index (χ1v) is 8.49. The maximum Gasteiger partial charge on any atom is 0.191 e. The number of aromatic nitrogens is 1. The fraction of sp³-hybridized carbons (Fsp3) is 0.733. The number of aliphatic imine (C=N–C) groups is 1. The molecule has 0 aromatic carbocycles. The van der Waals surface area contributed by atoms with E-state index in [-0.39, 0.29) is 36.1 Å². The van der Waals surface area contributed by atoms with E-state index >= 15 is 0 Å². The maximum atomic E-state index is 5.81. The Morgan fingerprint density at radius 3 is 2.87 bits per heavy atom. The van der Waals surface area contributed by atoms with Crippen molar-refractivity contribution in [2.75, 3.05) is 26.9 Å². The van der Waals surface area contributed by atoms with Crippen LogP contribution in [-0.2, 0) is 16.0 Å². The van der Waals surface area contributed by atoms with Crippen LogP contribution in [-0.4, -0.2) is 50.0 Å². The van der Waals surface area contributed by atoms with Gasteiger partial charge in [-0.3, -0.25) is 4.99 Å². The van der Waals surface area contributed by atoms with Crippen LogP contribution in [0.25, 0.3) is 0 Å². The molecular weight excluding hydrogens is 427 g/mol. The molecule has 2 unspecified atom stereocenters. The highest BCUT2D eigenvalue weighted by atomic mass is 127. The highest BCUT2D eigenvalue weighted by molar-refractivity contribution is 14.0. The quantitative estimate of drug-likeness (QED) is 0.392. The minimum atomic E-state index is 0. The van der Waals surface area contributed by atoms with Gasteiger partial charge in [-0.2, -0.15) is 0 Å². The molecule has 132 valence electrons. The van der Waals surface area contributed by atoms with Gasteiger partial charge in [0.25, 0.3) is 0 Å². The molecule has 2 rings (SSSR count). The zero-order valence-corrected chi connectivity index (χ0v) is 17.4. The van der Waals surface area contributed by atoms with Crippen LogP contribution in [0, 0.1) is 13.8 Å². The van der Waals surface area contributed by atoms with E-state index in [9.17, 15) is 0 Å². The lowest BCUT2D eigenvalue weighted by molar-refractivity contribution is 0.0347. The Hall–Kier alpha value is -0.450. The third-order valence-electron chi connectivity index (χ3n) is 3.56. The van der Waals surface area contributed by atoms with Gasteiger partial charge in [0, 0.05) is 24.6 Å². The summed E-state index contributed by atoms with van der Waals surface area (Å²) in [7, 11) is 1.77. The summed E-state index contributed by atoms with van der Waals surface area (Å²) >= 11 is 1.72. The second-order valence-electron chi connectivity index (χ2n) is 5.54. The zero-order valence-electron chi connectivity index (χ0n) is 14.2. The molecule has 0 bridgehead atoms. The van der Waals surface area contributed by atoms with Gasteiger partial charge >= 0.3 is 0 Å². The van der Waals surface area contributed by atoms with E-state index in [0.29, 0.717) is 19.8 Å². The highest BCUT2D eigenvalue weighted by Crippen LogP contribution is 2.15. The van der Waals surface area contributed by atoms with E-state index < -0.39 is 0 Å². The van der Waals surface area contributed by atoms with Gasteiger partial charge in [-0.25, -0.2) is 4.98 Å². The summed E-state index contributed by atoms with van der Waals surface area (Å²) in [6.07, 6.45) is 1.23. The topological polar surface area (TPSA) is 67.8 Å². The van der Waals surface area contributed by atoms with E-state index in [4.69, 9.17) is 9.47 Å². The average molecular weight is 454 g/mol. The van der Waals surface area contributed by atoms with Crippen LogP contribution in [0.15, 0.2) is 4.99 Å². The molecule has 2 N–H and O–H groups in total. The summed E-state index contributed by atoms with van der Waals surface area (Å²) in [5, 5.41) is 7.70. The van der Waals surface area contributed by atoms with Gasteiger partial charge in [-0.1, -0.05) is 0 Å². The maximum absolute atomic E-state index is 5.81. The van der Waals surface area contributed by atoms with Gasteiger partial charge in [0.2, 0.25) is 0 Å². The Bertz CT molecular complexity index is 484. The first-order valence-electron chi connectivity index (χ1n) is 7.68. The number of ether oxygens (including phenoxy) is 2. The number of thiazole rings is 1. The predicted molar refractivity (Wildman–Crippen MR) is 105 cm³/mol. The van der Waals surface area contributed by atoms with E-state index in [1.165, 1.54) is 4.88 Å². The summed E-state index contributed by atoms with van der Waals surface area (Å²) < 4.78 is 11.1. The van der Waals surface area contributed by atoms with Crippen molar-refractivity contribution < 1.29 is 9.47 Å². The molecule has 0 aliphatic carbocycles. The zero-order chi connectivity index (χ0) is 15.9. The van der Waals surface area contributed by atoms with Crippen LogP contribution in [0.3, 0.4) is 0 Å². The second-order valence-corrected chi connectivity index (χ2v) is 6.83. The van der Waals surface area contributed by atoms with Gasteiger partial charge in [0.05, 0.1) is 31.6 Å². The first-order chi connectivity index (χ1) is 10.6. The summed E-state index contributed by atoms with van der Waals surface area (Å²) in [5.41, 5.74) is 1.10. The van der Waals surface area contributed by atoms with Crippen molar-refractivity contribution in [2.45, 2.75) is 45.9 Å². The normalized spacial score (nSPS) is 19.3. The molecule has 0 amide bonds. The molecule has 1 aliphatic heterocycles. The monoisotopic (exact) mass is 454 g/mol. The summed E-state index contributed by atoms with van der Waals surface area (Å²) in [5.74, 6) is 0.768. The largest absolute Gasteiger partial charge is 0.379 e. The Labute approximate surface area is 159 Å². The van der Waals surface area contributed by atoms with Gasteiger partial charge in [-0.15, -0.1) is 35.3 Å². The lowest BCUT2D eigenvalue weighted by atomic mass is 10.3. The Balaban J connectivity index is 0.00000264. The lowest BCUT2D eigenvalue weighted by Crippen LogP contribution is -2.44. The number of hydrogen-bond donors (Lipinski definition) is 2. The molecule has 2 atom stereocenters. The number of nitrogens with one attached hydrogen (secondary N) is 2. The minimum absolute atomic E-state index is 0. The SMILES string of the molecule is CN=C(NCc1nc(C)c(C)s1)NC(C)COC1CCOC1.I. The van der Waals surface area contributed by atoms with Crippen LogP contribution in [0.2, 0.25) is 0 Å². The van der Waals surface area contributed by atoms with Crippen molar-refractivity contribution in [1.82, 2.24) is 15.6 Å². The molecule has 2 heterocycles. The number of nitrogens with zero attached hydrogens (tertiary/aromatic N) is 2. The van der Waals surface area contributed by atoms with Crippen LogP contribution < -0.4 is 10.6 Å². The van der Waals surface area contributed by atoms with E-state index in [1.807, 2.05) is 6.92 Å². The number of guanidine groups is 1. The fourth-order valence-electron chi connectivity index (χ4n) is 2.17. The number of hydrogen-bond acceptors (Lipinski definition) is 5. The fourth-order valence-corrected chi connectivity index (χ4v) is 3.04. The molecule has 0 radical (unpaired) electrons. The highest BCUT2D eigenvalue weighted by Gasteiger charge is 2.17. The smallest absolute Gasteiger partial charge is 0.191 e. The van der Waals surface area contributed by atoms with Crippen LogP contribution in [0.5, 0.6) is 0 Å². The van der Waals surface area contributed by atoms with E-state index in [2.05, 4.69) is 34.5 Å². The van der Waals surface area contributed by atoms with Crippen LogP contribution in [0.1, 0.15) is 28.9 Å². The van der Waals surface area contributed by atoms with Crippen molar-refractivity contribution in [3.63, 3.8) is 0 Å². The van der Waals surface area contributed by atoms with E-state index in [1.54, 1.807) is 18.4 Å². The molecule has 1 saturated heterocycles. The number of rotatable bonds is 6. The van der Waals surface area contributed by atoms with Gasteiger partial charge in [-0.05, 0) is 27.2 Å². The molecule has 1 aromatic rings. The molecule has 8 heteroatoms. The summed E-state index contributed by atoms with van der Waals surface area (Å²) in [6, 6.07) is 0.187. The molecule has 0 spiro atoms. The summed E-state index contributed by atoms with van der Waals surface area (Å²) in [6.45, 7) is 9.06. The van der Waals surface area contributed by atoms with Crippen molar-refractivity contribution >= 4 is 41.3 Å². The molecule has 1 aliphatic rings. The van der Waals surface area contributed by atoms with Gasteiger partial charge < -0.3 is 20.1 Å². The Morgan fingerprint density at radius 1 is 1.52 bits per heavy atom. The third kappa shape index (κ3) is 6.90. The van der Waals surface area contributed by atoms with Crippen molar-refractivity contribution in [1.29, 1.82) is 0 Å². The molecular formula is C15H27IN4O2S. The Kier molecular flexibility index (Phi) is 9.33. The first kappa shape index (κ1) is 20.6. The average Bonchev–Trinajstić information content (AvgIpc) is 3.12. The van der Waals surface area contributed by atoms with Crippen LogP contribution in [0.4, 0.5) is 0 Å². The summed E-state index contributed by atoms with van der Waals surface area (Å²) in [4.78, 5) is 10.0. The second kappa shape index (κ2) is 10.4. The molecule has 23 heavy (non-hydrogen) atoms. The predicted octanol–water partition coefficient (Wildman–Crippen LogP) is 2.24. The Morgan fingerprint density at radius 2 is 2.30 bits per heavy atom. The molecule has 6 nitrogen and oxygen atoms in total. The van der Waals surface area contributed by atoms with E-state index in [0.717, 1.165) is 29.7 Å². The number of halogens is 1. The minimum Gasteiger partial charge on any atom is -0.379 e. The standard InChI is InChI=1S/C15H26N4O2S.HI/c1-10(8-21-13-5-6-20-9-13)18-15(16-4)17-7-14-19-11(2)12(3)22-14;/h10,13H,5-9H2,1-4H3,(H2,16,17,18);1H. The van der Waals surface area contributed by atoms with Gasteiger partial charge in [0.15, 0.2) is 5.96 Å². The van der Waals surface area contributed by atoms with Crippen LogP contribution >= 0.6 is 35.3 Å². The lowest BCUT2D eigenvalue weighted by Gasteiger charge is -2.19. The third-order valence-corrected chi connectivity index (χ3v) is 4.63. The van der Waals surface area contributed by atoms with Crippen molar-refractivity contribution in [2.24, 2.45) is 4.99 Å². The van der Waals surface area contributed by atoms with Crippen molar-refractivity contribution in [3.8, 4) is 0 Å². The molecule has 1 fully saturated rings. The number of aryl methyl sites for hydroxylation is 2. The molecule has 0 saturated carbocycles.